The number of nitriles is 1. The van der Waals surface area contributed by atoms with E-state index < -0.39 is 50.4 Å². The Morgan fingerprint density at radius 3 is 2.25 bits per heavy atom. The first-order valence-electron chi connectivity index (χ1n) is 20.4. The SMILES string of the molecule is CCCCCCCCCCCCCCCCCCOC[C@H](COc1cc(F)cc(C#N)c1)OP(=O)(O)OC[C@H]1O[C@@](NC)(c2ccc3c(N)ncnn23)[C@H](O)[C@@H]1O. The molecule has 0 radical (unpaired) electrons. The number of fused-ring (bicyclic) bond motifs is 1. The van der Waals surface area contributed by atoms with Gasteiger partial charge in [-0.2, -0.15) is 10.4 Å². The molecule has 0 spiro atoms. The standard InChI is InChI=1S/C40H62FN6O9P/c1-3-4-5-6-7-8-9-10-11-12-13-14-15-16-17-18-21-52-26-33(27-53-32-23-30(25-42)22-31(41)24-32)56-57(50,51)54-28-35-37(48)38(49)40(44-2,55-35)36-20-19-34-39(43)45-29-46-47(34)36/h19-20,22-24,29,33,35,37-38,44,48-49H,3-18,21,26-28H2,1-2H3,(H,50,51)(H2,43,45,46)/t33-,35-,37-,38-,40+/m1/s1. The molecule has 15 nitrogen and oxygen atoms in total. The van der Waals surface area contributed by atoms with Crippen LogP contribution in [0.15, 0.2) is 36.7 Å². The van der Waals surface area contributed by atoms with Crippen molar-refractivity contribution in [3.63, 3.8) is 0 Å². The number of nitrogens with one attached hydrogen (secondary N) is 1. The number of unbranched alkanes of at least 4 members (excludes halogenated alkanes) is 15. The van der Waals surface area contributed by atoms with E-state index in [4.69, 9.17) is 29.0 Å². The summed E-state index contributed by atoms with van der Waals surface area (Å²) in [6.45, 7) is 1.49. The first-order valence-corrected chi connectivity index (χ1v) is 21.9. The summed E-state index contributed by atoms with van der Waals surface area (Å²) in [5, 5.41) is 38.4. The summed E-state index contributed by atoms with van der Waals surface area (Å²) in [6, 6.07) is 8.54. The van der Waals surface area contributed by atoms with Crippen LogP contribution in [0, 0.1) is 17.1 Å². The summed E-state index contributed by atoms with van der Waals surface area (Å²) in [4.78, 5) is 14.7. The molecule has 6 atom stereocenters. The van der Waals surface area contributed by atoms with E-state index in [2.05, 4.69) is 22.3 Å². The van der Waals surface area contributed by atoms with Crippen LogP contribution in [0.3, 0.4) is 0 Å². The lowest BCUT2D eigenvalue weighted by molar-refractivity contribution is -0.119. The number of aliphatic hydroxyl groups is 2. The second-order valence-electron chi connectivity index (χ2n) is 14.7. The fraction of sp³-hybridized carbons (Fsp3) is 0.675. The van der Waals surface area contributed by atoms with Crippen molar-refractivity contribution in [3.05, 3.63) is 53.7 Å². The van der Waals surface area contributed by atoms with E-state index in [9.17, 15) is 29.3 Å². The smallest absolute Gasteiger partial charge is 0.472 e. The van der Waals surface area contributed by atoms with Crippen molar-refractivity contribution in [3.8, 4) is 11.8 Å². The highest BCUT2D eigenvalue weighted by molar-refractivity contribution is 7.47. The van der Waals surface area contributed by atoms with Gasteiger partial charge in [0.2, 0.25) is 0 Å². The fourth-order valence-corrected chi connectivity index (χ4v) is 7.99. The van der Waals surface area contributed by atoms with Gasteiger partial charge in [0.1, 0.15) is 54.4 Å². The first-order chi connectivity index (χ1) is 27.5. The quantitative estimate of drug-likeness (QED) is 0.0365. The number of ether oxygens (including phenoxy) is 3. The van der Waals surface area contributed by atoms with Gasteiger partial charge in [0, 0.05) is 12.7 Å². The predicted molar refractivity (Wildman–Crippen MR) is 213 cm³/mol. The molecule has 0 saturated carbocycles. The van der Waals surface area contributed by atoms with Crippen LogP contribution in [-0.2, 0) is 28.8 Å². The van der Waals surface area contributed by atoms with E-state index in [1.165, 1.54) is 101 Å². The molecule has 4 rings (SSSR count). The highest BCUT2D eigenvalue weighted by atomic mass is 31.2. The summed E-state index contributed by atoms with van der Waals surface area (Å²) in [7, 11) is -3.36. The van der Waals surface area contributed by atoms with Crippen LogP contribution in [0.1, 0.15) is 121 Å². The molecule has 1 unspecified atom stereocenters. The predicted octanol–water partition coefficient (Wildman–Crippen LogP) is 6.67. The molecule has 17 heteroatoms. The Hall–Kier alpha value is -3.23. The monoisotopic (exact) mass is 820 g/mol. The van der Waals surface area contributed by atoms with Gasteiger partial charge in [0.25, 0.3) is 0 Å². The number of halogens is 1. The minimum atomic E-state index is -4.87. The normalized spacial score (nSPS) is 21.1. The Bertz CT molecular complexity index is 1730. The summed E-state index contributed by atoms with van der Waals surface area (Å²) in [6.07, 6.45) is 15.6. The van der Waals surface area contributed by atoms with Crippen molar-refractivity contribution in [1.82, 2.24) is 19.9 Å². The van der Waals surface area contributed by atoms with Gasteiger partial charge >= 0.3 is 7.82 Å². The summed E-state index contributed by atoms with van der Waals surface area (Å²) in [5.41, 5.74) is 5.03. The zero-order valence-corrected chi connectivity index (χ0v) is 34.3. The van der Waals surface area contributed by atoms with Crippen molar-refractivity contribution in [2.24, 2.45) is 0 Å². The van der Waals surface area contributed by atoms with E-state index >= 15 is 0 Å². The topological polar surface area (TPSA) is 216 Å². The van der Waals surface area contributed by atoms with Crippen molar-refractivity contribution in [2.75, 3.05) is 39.2 Å². The summed E-state index contributed by atoms with van der Waals surface area (Å²) < 4.78 is 57.0. The van der Waals surface area contributed by atoms with Crippen molar-refractivity contribution in [1.29, 1.82) is 5.26 Å². The lowest BCUT2D eigenvalue weighted by Gasteiger charge is -2.31. The maximum Gasteiger partial charge on any atom is 0.472 e. The number of likely N-dealkylation sites (N-methyl/N-ethyl adjacent to an activating group) is 1. The van der Waals surface area contributed by atoms with Gasteiger partial charge in [-0.15, -0.1) is 0 Å². The number of phosphoric acid groups is 1. The number of anilines is 1. The molecule has 318 valence electrons. The van der Waals surface area contributed by atoms with Gasteiger partial charge < -0.3 is 35.1 Å². The summed E-state index contributed by atoms with van der Waals surface area (Å²) >= 11 is 0. The minimum Gasteiger partial charge on any atom is -0.491 e. The third kappa shape index (κ3) is 14.2. The van der Waals surface area contributed by atoms with E-state index in [0.29, 0.717) is 17.8 Å². The molecule has 2 aromatic heterocycles. The van der Waals surface area contributed by atoms with E-state index in [0.717, 1.165) is 37.8 Å². The fourth-order valence-electron chi connectivity index (χ4n) is 7.10. The van der Waals surface area contributed by atoms with E-state index in [1.54, 1.807) is 12.1 Å². The Morgan fingerprint density at radius 1 is 1.00 bits per heavy atom. The number of aliphatic hydroxyl groups excluding tert-OH is 2. The number of rotatable bonds is 29. The third-order valence-corrected chi connectivity index (χ3v) is 11.3. The number of nitrogens with zero attached hydrogens (tertiary/aromatic N) is 4. The highest BCUT2D eigenvalue weighted by Crippen LogP contribution is 2.47. The molecule has 6 N–H and O–H groups in total. The Balaban J connectivity index is 1.22. The highest BCUT2D eigenvalue weighted by Gasteiger charge is 2.56. The molecular weight excluding hydrogens is 758 g/mol. The third-order valence-electron chi connectivity index (χ3n) is 10.3. The zero-order valence-electron chi connectivity index (χ0n) is 33.4. The van der Waals surface area contributed by atoms with Crippen LogP contribution in [0.5, 0.6) is 5.75 Å². The number of phosphoric ester groups is 1. The van der Waals surface area contributed by atoms with Crippen molar-refractivity contribution < 1.29 is 47.3 Å². The molecule has 1 aliphatic heterocycles. The van der Waals surface area contributed by atoms with E-state index in [1.807, 2.05) is 6.07 Å². The van der Waals surface area contributed by atoms with Gasteiger partial charge in [-0.3, -0.25) is 14.4 Å². The molecule has 1 aliphatic rings. The van der Waals surface area contributed by atoms with Crippen LogP contribution in [-0.4, -0.2) is 87.6 Å². The number of hydrogen-bond acceptors (Lipinski definition) is 13. The van der Waals surface area contributed by atoms with Crippen molar-refractivity contribution >= 4 is 19.2 Å². The van der Waals surface area contributed by atoms with Gasteiger partial charge in [0.05, 0.1) is 30.5 Å². The Morgan fingerprint density at radius 2 is 1.63 bits per heavy atom. The maximum atomic E-state index is 14.1. The Kier molecular flexibility index (Phi) is 19.6. The van der Waals surface area contributed by atoms with Gasteiger partial charge in [-0.05, 0) is 37.7 Å². The number of aromatic nitrogens is 3. The molecule has 57 heavy (non-hydrogen) atoms. The number of nitrogen functional groups attached to an aromatic ring is 1. The average Bonchev–Trinajstić information content (AvgIpc) is 3.74. The average molecular weight is 821 g/mol. The molecule has 0 amide bonds. The van der Waals surface area contributed by atoms with Crippen molar-refractivity contribution in [2.45, 2.75) is 140 Å². The maximum absolute atomic E-state index is 14.1. The molecule has 3 heterocycles. The second-order valence-corrected chi connectivity index (χ2v) is 16.1. The van der Waals surface area contributed by atoms with E-state index in [-0.39, 0.29) is 30.3 Å². The zero-order chi connectivity index (χ0) is 41.1. The minimum absolute atomic E-state index is 0.0245. The van der Waals surface area contributed by atoms with Crippen LogP contribution in [0.2, 0.25) is 0 Å². The summed E-state index contributed by atoms with van der Waals surface area (Å²) in [5.74, 6) is -0.475. The molecular formula is C40H62FN6O9P. The lowest BCUT2D eigenvalue weighted by atomic mass is 10.00. The van der Waals surface area contributed by atoms with Gasteiger partial charge in [-0.1, -0.05) is 103 Å². The van der Waals surface area contributed by atoms with Gasteiger partial charge in [-0.25, -0.2) is 18.5 Å². The van der Waals surface area contributed by atoms with Crippen LogP contribution >= 0.6 is 7.82 Å². The van der Waals surface area contributed by atoms with Gasteiger partial charge in [0.15, 0.2) is 11.5 Å². The lowest BCUT2D eigenvalue weighted by Crippen LogP contribution is -2.51. The number of hydrogen-bond donors (Lipinski definition) is 5. The van der Waals surface area contributed by atoms with Crippen LogP contribution < -0.4 is 15.8 Å². The first kappa shape index (κ1) is 46.5. The Labute approximate surface area is 335 Å². The number of nitrogens with two attached hydrogens (primary N) is 1. The molecule has 1 saturated heterocycles. The molecule has 3 aromatic rings. The van der Waals surface area contributed by atoms with Crippen LogP contribution in [0.25, 0.3) is 5.52 Å². The molecule has 0 aliphatic carbocycles. The largest absolute Gasteiger partial charge is 0.491 e. The molecule has 0 bridgehead atoms. The second kappa shape index (κ2) is 24.0. The molecule has 1 fully saturated rings. The number of benzene rings is 1. The molecule has 1 aromatic carbocycles. The van der Waals surface area contributed by atoms with Crippen LogP contribution in [0.4, 0.5) is 10.2 Å².